The van der Waals surface area contributed by atoms with Gasteiger partial charge in [0.05, 0.1) is 0 Å². The molecule has 4 heteroatoms. The topological polar surface area (TPSA) is 74.6 Å². The van der Waals surface area contributed by atoms with Gasteiger partial charge < -0.3 is 10.2 Å². The molecule has 0 aliphatic rings. The summed E-state index contributed by atoms with van der Waals surface area (Å²) in [6.07, 6.45) is 2.30. The van der Waals surface area contributed by atoms with Crippen molar-refractivity contribution in [3.63, 3.8) is 0 Å². The first-order valence-corrected chi connectivity index (χ1v) is 5.77. The molecule has 0 aromatic heterocycles. The van der Waals surface area contributed by atoms with Crippen LogP contribution >= 0.6 is 0 Å². The summed E-state index contributed by atoms with van der Waals surface area (Å²) in [6, 6.07) is 7.54. The summed E-state index contributed by atoms with van der Waals surface area (Å²) < 4.78 is 0. The van der Waals surface area contributed by atoms with Gasteiger partial charge in [0.15, 0.2) is 0 Å². The molecule has 0 saturated carbocycles. The van der Waals surface area contributed by atoms with Crippen LogP contribution in [0.5, 0.6) is 0 Å². The lowest BCUT2D eigenvalue weighted by Gasteiger charge is -2.02. The lowest BCUT2D eigenvalue weighted by molar-refractivity contribution is -0.137. The summed E-state index contributed by atoms with van der Waals surface area (Å²) in [6.45, 7) is 2.04. The first-order valence-electron chi connectivity index (χ1n) is 5.77. The zero-order valence-corrected chi connectivity index (χ0v) is 10.2. The van der Waals surface area contributed by atoms with E-state index in [0.29, 0.717) is 0 Å². The van der Waals surface area contributed by atoms with Gasteiger partial charge in [-0.1, -0.05) is 31.2 Å². The Bertz CT molecular complexity index is 457. The molecule has 0 aliphatic heterocycles. The number of carboxylic acids is 2. The maximum absolute atomic E-state index is 11.0. The molecular formula is C14H16O4. The predicted molar refractivity (Wildman–Crippen MR) is 68.3 cm³/mol. The molecule has 0 fully saturated rings. The summed E-state index contributed by atoms with van der Waals surface area (Å²) in [5, 5.41) is 17.5. The highest BCUT2D eigenvalue weighted by atomic mass is 16.4. The normalized spacial score (nSPS) is 11.3. The molecule has 0 amide bonds. The van der Waals surface area contributed by atoms with Gasteiger partial charge in [-0.25, -0.2) is 4.79 Å². The highest BCUT2D eigenvalue weighted by molar-refractivity contribution is 5.92. The number of carboxylic acid groups (broad SMARTS) is 2. The van der Waals surface area contributed by atoms with E-state index in [2.05, 4.69) is 0 Å². The Kier molecular flexibility index (Phi) is 5.11. The van der Waals surface area contributed by atoms with Crippen LogP contribution in [0.2, 0.25) is 0 Å². The van der Waals surface area contributed by atoms with Crippen LogP contribution < -0.4 is 0 Å². The van der Waals surface area contributed by atoms with Crippen LogP contribution in [0.4, 0.5) is 0 Å². The quantitative estimate of drug-likeness (QED) is 0.759. The van der Waals surface area contributed by atoms with Gasteiger partial charge in [-0.15, -0.1) is 0 Å². The maximum atomic E-state index is 11.0. The molecule has 96 valence electrons. The van der Waals surface area contributed by atoms with Crippen molar-refractivity contribution in [2.75, 3.05) is 0 Å². The van der Waals surface area contributed by atoms with Crippen molar-refractivity contribution in [1.29, 1.82) is 0 Å². The van der Waals surface area contributed by atoms with Crippen molar-refractivity contribution in [3.8, 4) is 0 Å². The number of hydrogen-bond acceptors (Lipinski definition) is 2. The molecule has 0 unspecified atom stereocenters. The van der Waals surface area contributed by atoms with Crippen molar-refractivity contribution < 1.29 is 19.8 Å². The Morgan fingerprint density at radius 2 is 1.72 bits per heavy atom. The molecular weight excluding hydrogens is 232 g/mol. The predicted octanol–water partition coefficient (Wildman–Crippen LogP) is 2.58. The molecule has 1 rings (SSSR count). The summed E-state index contributed by atoms with van der Waals surface area (Å²) in [5.74, 6) is -2.07. The monoisotopic (exact) mass is 248 g/mol. The van der Waals surface area contributed by atoms with E-state index in [4.69, 9.17) is 10.2 Å². The Labute approximate surface area is 106 Å². The summed E-state index contributed by atoms with van der Waals surface area (Å²) in [7, 11) is 0. The molecule has 4 nitrogen and oxygen atoms in total. The number of aliphatic carboxylic acids is 2. The number of carbonyl (C=O) groups is 2. The minimum atomic E-state index is -1.07. The highest BCUT2D eigenvalue weighted by Crippen LogP contribution is 2.13. The zero-order valence-electron chi connectivity index (χ0n) is 10.2. The van der Waals surface area contributed by atoms with E-state index < -0.39 is 11.9 Å². The first kappa shape index (κ1) is 14.0. The third-order valence-corrected chi connectivity index (χ3v) is 2.61. The van der Waals surface area contributed by atoms with Crippen LogP contribution in [-0.2, 0) is 16.0 Å². The zero-order chi connectivity index (χ0) is 13.5. The summed E-state index contributed by atoms with van der Waals surface area (Å²) in [4.78, 5) is 21.4. The lowest BCUT2D eigenvalue weighted by Crippen LogP contribution is -2.04. The number of benzene rings is 1. The van der Waals surface area contributed by atoms with Crippen molar-refractivity contribution in [1.82, 2.24) is 0 Å². The third kappa shape index (κ3) is 4.41. The van der Waals surface area contributed by atoms with Gasteiger partial charge in [-0.2, -0.15) is 0 Å². The van der Waals surface area contributed by atoms with Crippen LogP contribution in [-0.4, -0.2) is 22.2 Å². The van der Waals surface area contributed by atoms with Crippen LogP contribution in [0.25, 0.3) is 6.08 Å². The fourth-order valence-corrected chi connectivity index (χ4v) is 1.53. The van der Waals surface area contributed by atoms with E-state index in [1.807, 2.05) is 31.2 Å². The standard InChI is InChI=1S/C14H16O4/c1-2-10-3-5-11(6-4-10)9-12(14(17)18)7-8-13(15)16/h3-6,9H,2,7-8H2,1H3,(H,15,16)(H,17,18)/b12-9+. The molecule has 0 aliphatic carbocycles. The van der Waals surface area contributed by atoms with Crippen LogP contribution in [0.3, 0.4) is 0 Å². The minimum Gasteiger partial charge on any atom is -0.481 e. The fraction of sp³-hybridized carbons (Fsp3) is 0.286. The Morgan fingerprint density at radius 3 is 2.17 bits per heavy atom. The van der Waals surface area contributed by atoms with Gasteiger partial charge in [0, 0.05) is 12.0 Å². The average Bonchev–Trinajstić information content (AvgIpc) is 2.34. The number of rotatable bonds is 6. The average molecular weight is 248 g/mol. The molecule has 1 aromatic rings. The van der Waals surface area contributed by atoms with Crippen molar-refractivity contribution >= 4 is 18.0 Å². The van der Waals surface area contributed by atoms with Gasteiger partial charge in [0.2, 0.25) is 0 Å². The van der Waals surface area contributed by atoms with Gasteiger partial charge in [0.25, 0.3) is 0 Å². The van der Waals surface area contributed by atoms with Crippen molar-refractivity contribution in [2.45, 2.75) is 26.2 Å². The van der Waals surface area contributed by atoms with Crippen LogP contribution in [0.15, 0.2) is 29.8 Å². The van der Waals surface area contributed by atoms with E-state index in [1.54, 1.807) is 0 Å². The van der Waals surface area contributed by atoms with E-state index >= 15 is 0 Å². The van der Waals surface area contributed by atoms with Gasteiger partial charge in [-0.05, 0) is 30.0 Å². The van der Waals surface area contributed by atoms with Gasteiger partial charge in [0.1, 0.15) is 0 Å². The Morgan fingerprint density at radius 1 is 1.11 bits per heavy atom. The molecule has 0 spiro atoms. The lowest BCUT2D eigenvalue weighted by atomic mass is 10.0. The third-order valence-electron chi connectivity index (χ3n) is 2.61. The summed E-state index contributed by atoms with van der Waals surface area (Å²) in [5.41, 5.74) is 2.06. The SMILES string of the molecule is CCc1ccc(/C=C(\CCC(=O)O)C(=O)O)cc1. The van der Waals surface area contributed by atoms with Crippen LogP contribution in [0, 0.1) is 0 Å². The van der Waals surface area contributed by atoms with E-state index in [9.17, 15) is 9.59 Å². The van der Waals surface area contributed by atoms with E-state index in [1.165, 1.54) is 11.6 Å². The Balaban J connectivity index is 2.86. The minimum absolute atomic E-state index is 0.0280. The van der Waals surface area contributed by atoms with Crippen LogP contribution in [0.1, 0.15) is 30.9 Å². The smallest absolute Gasteiger partial charge is 0.331 e. The molecule has 0 radical (unpaired) electrons. The molecule has 0 bridgehead atoms. The molecule has 0 heterocycles. The Hall–Kier alpha value is -2.10. The molecule has 0 saturated heterocycles. The number of aryl methyl sites for hydroxylation is 1. The molecule has 1 aromatic carbocycles. The second-order valence-corrected chi connectivity index (χ2v) is 3.96. The molecule has 0 atom stereocenters. The van der Waals surface area contributed by atoms with Crippen molar-refractivity contribution in [2.24, 2.45) is 0 Å². The molecule has 18 heavy (non-hydrogen) atoms. The second-order valence-electron chi connectivity index (χ2n) is 3.96. The van der Waals surface area contributed by atoms with Gasteiger partial charge >= 0.3 is 11.9 Å². The molecule has 2 N–H and O–H groups in total. The summed E-state index contributed by atoms with van der Waals surface area (Å²) >= 11 is 0. The first-order chi connectivity index (χ1) is 8.52. The van der Waals surface area contributed by atoms with Crippen molar-refractivity contribution in [3.05, 3.63) is 41.0 Å². The van der Waals surface area contributed by atoms with E-state index in [0.717, 1.165) is 12.0 Å². The largest absolute Gasteiger partial charge is 0.481 e. The van der Waals surface area contributed by atoms with Gasteiger partial charge in [-0.3, -0.25) is 4.79 Å². The fourth-order valence-electron chi connectivity index (χ4n) is 1.53. The second kappa shape index (κ2) is 6.59. The number of hydrogen-bond donors (Lipinski definition) is 2. The van der Waals surface area contributed by atoms with E-state index in [-0.39, 0.29) is 18.4 Å². The highest BCUT2D eigenvalue weighted by Gasteiger charge is 2.09. The maximum Gasteiger partial charge on any atom is 0.331 e.